The van der Waals surface area contributed by atoms with Crippen molar-refractivity contribution in [2.45, 2.75) is 19.3 Å². The van der Waals surface area contributed by atoms with E-state index in [1.54, 1.807) is 0 Å². The van der Waals surface area contributed by atoms with Gasteiger partial charge in [-0.2, -0.15) is 8.42 Å². The Morgan fingerprint density at radius 2 is 1.53 bits per heavy atom. The molecule has 1 aliphatic rings. The summed E-state index contributed by atoms with van der Waals surface area (Å²) in [5, 5.41) is 5.87. The number of hydrogen-bond acceptors (Lipinski definition) is 4. The van der Waals surface area contributed by atoms with E-state index >= 15 is 0 Å². The fourth-order valence-electron chi connectivity index (χ4n) is 1.14. The Labute approximate surface area is 88.5 Å². The van der Waals surface area contributed by atoms with Crippen LogP contribution < -0.4 is 11.5 Å². The van der Waals surface area contributed by atoms with Crippen molar-refractivity contribution < 1.29 is 17.5 Å². The van der Waals surface area contributed by atoms with E-state index in [4.69, 9.17) is 29.0 Å². The molecule has 0 radical (unpaired) electrons. The van der Waals surface area contributed by atoms with Crippen LogP contribution in [0.3, 0.4) is 0 Å². The first-order valence-electron chi connectivity index (χ1n) is 4.33. The molecule has 1 fully saturated rings. The quantitative estimate of drug-likeness (QED) is 0.262. The van der Waals surface area contributed by atoms with Crippen molar-refractivity contribution in [2.75, 3.05) is 13.1 Å². The van der Waals surface area contributed by atoms with Gasteiger partial charge < -0.3 is 11.5 Å². The SMILES string of the molecule is NC(N)=NN1CCCCC1.O=S(=O)(O)O. The molecule has 0 amide bonds. The smallest absolute Gasteiger partial charge is 0.369 e. The summed E-state index contributed by atoms with van der Waals surface area (Å²) in [6.07, 6.45) is 3.71. The third-order valence-electron chi connectivity index (χ3n) is 1.59. The van der Waals surface area contributed by atoms with Crippen molar-refractivity contribution in [1.82, 2.24) is 5.01 Å². The highest BCUT2D eigenvalue weighted by molar-refractivity contribution is 7.79. The van der Waals surface area contributed by atoms with Gasteiger partial charge in [-0.15, -0.1) is 5.10 Å². The summed E-state index contributed by atoms with van der Waals surface area (Å²) >= 11 is 0. The highest BCUT2D eigenvalue weighted by Crippen LogP contribution is 2.07. The van der Waals surface area contributed by atoms with Crippen LogP contribution in [0.1, 0.15) is 19.3 Å². The van der Waals surface area contributed by atoms with Crippen LogP contribution in [0.25, 0.3) is 0 Å². The molecule has 0 atom stereocenters. The highest BCUT2D eigenvalue weighted by atomic mass is 32.3. The molecule has 0 spiro atoms. The van der Waals surface area contributed by atoms with Crippen LogP contribution in [0.4, 0.5) is 0 Å². The fourth-order valence-corrected chi connectivity index (χ4v) is 1.14. The van der Waals surface area contributed by atoms with Crippen LogP contribution in [0.2, 0.25) is 0 Å². The molecule has 0 bridgehead atoms. The Morgan fingerprint density at radius 1 is 1.13 bits per heavy atom. The Morgan fingerprint density at radius 3 is 1.87 bits per heavy atom. The molecule has 90 valence electrons. The molecule has 8 nitrogen and oxygen atoms in total. The largest absolute Gasteiger partial charge is 0.394 e. The fraction of sp³-hybridized carbons (Fsp3) is 0.833. The van der Waals surface area contributed by atoms with Crippen LogP contribution in [0.15, 0.2) is 5.10 Å². The van der Waals surface area contributed by atoms with Crippen molar-refractivity contribution >= 4 is 16.4 Å². The maximum Gasteiger partial charge on any atom is 0.394 e. The van der Waals surface area contributed by atoms with Gasteiger partial charge in [0.2, 0.25) is 5.96 Å². The van der Waals surface area contributed by atoms with E-state index in [0.29, 0.717) is 0 Å². The molecule has 0 aromatic heterocycles. The van der Waals surface area contributed by atoms with Crippen LogP contribution in [0, 0.1) is 0 Å². The second-order valence-corrected chi connectivity index (χ2v) is 3.88. The zero-order valence-corrected chi connectivity index (χ0v) is 9.02. The van der Waals surface area contributed by atoms with E-state index < -0.39 is 10.4 Å². The van der Waals surface area contributed by atoms with Crippen molar-refractivity contribution in [1.29, 1.82) is 0 Å². The van der Waals surface area contributed by atoms with Gasteiger partial charge in [-0.1, -0.05) is 0 Å². The first-order valence-corrected chi connectivity index (χ1v) is 5.73. The van der Waals surface area contributed by atoms with E-state index in [2.05, 4.69) is 5.10 Å². The molecule has 15 heavy (non-hydrogen) atoms. The molecular weight excluding hydrogens is 224 g/mol. The number of hydrogen-bond donors (Lipinski definition) is 4. The molecule has 0 saturated carbocycles. The van der Waals surface area contributed by atoms with E-state index in [1.165, 1.54) is 19.3 Å². The number of nitrogens with zero attached hydrogens (tertiary/aromatic N) is 2. The lowest BCUT2D eigenvalue weighted by Gasteiger charge is -2.23. The summed E-state index contributed by atoms with van der Waals surface area (Å²) in [5.41, 5.74) is 10.4. The predicted octanol–water partition coefficient (Wildman–Crippen LogP) is -0.992. The van der Waals surface area contributed by atoms with Gasteiger partial charge in [0.25, 0.3) is 0 Å². The molecule has 9 heteroatoms. The van der Waals surface area contributed by atoms with E-state index in [1.807, 2.05) is 5.01 Å². The molecule has 6 N–H and O–H groups in total. The second-order valence-electron chi connectivity index (χ2n) is 2.99. The molecule has 1 aliphatic heterocycles. The Kier molecular flexibility index (Phi) is 5.97. The Bertz CT molecular complexity index is 284. The van der Waals surface area contributed by atoms with Gasteiger partial charge in [0.15, 0.2) is 0 Å². The predicted molar refractivity (Wildman–Crippen MR) is 55.4 cm³/mol. The summed E-state index contributed by atoms with van der Waals surface area (Å²) in [6.45, 7) is 2.00. The lowest BCUT2D eigenvalue weighted by molar-refractivity contribution is 0.238. The molecule has 0 unspecified atom stereocenters. The summed E-state index contributed by atoms with van der Waals surface area (Å²) in [4.78, 5) is 0. The molecule has 1 rings (SSSR count). The van der Waals surface area contributed by atoms with Gasteiger partial charge in [0, 0.05) is 13.1 Å². The zero-order chi connectivity index (χ0) is 11.9. The van der Waals surface area contributed by atoms with Crippen molar-refractivity contribution in [3.05, 3.63) is 0 Å². The van der Waals surface area contributed by atoms with Crippen molar-refractivity contribution in [3.63, 3.8) is 0 Å². The average molecular weight is 240 g/mol. The number of rotatable bonds is 1. The maximum atomic E-state index is 8.74. The highest BCUT2D eigenvalue weighted by Gasteiger charge is 2.06. The molecular formula is C6H16N4O4S. The van der Waals surface area contributed by atoms with Gasteiger partial charge in [0.05, 0.1) is 0 Å². The van der Waals surface area contributed by atoms with Crippen LogP contribution >= 0.6 is 0 Å². The van der Waals surface area contributed by atoms with Crippen LogP contribution in [0.5, 0.6) is 0 Å². The number of guanidine groups is 1. The van der Waals surface area contributed by atoms with E-state index in [-0.39, 0.29) is 5.96 Å². The number of nitrogens with two attached hydrogens (primary N) is 2. The first-order chi connectivity index (χ1) is 6.79. The van der Waals surface area contributed by atoms with Crippen LogP contribution in [-0.4, -0.2) is 41.6 Å². The maximum absolute atomic E-state index is 8.74. The number of hydrazone groups is 1. The van der Waals surface area contributed by atoms with Gasteiger partial charge >= 0.3 is 10.4 Å². The minimum Gasteiger partial charge on any atom is -0.369 e. The average Bonchev–Trinajstić information content (AvgIpc) is 2.01. The van der Waals surface area contributed by atoms with Gasteiger partial charge in [-0.25, -0.2) is 0 Å². The molecule has 0 aromatic rings. The Balaban J connectivity index is 0.000000336. The first kappa shape index (κ1) is 13.9. The van der Waals surface area contributed by atoms with Gasteiger partial charge in [-0.05, 0) is 19.3 Å². The molecule has 1 saturated heterocycles. The van der Waals surface area contributed by atoms with E-state index in [9.17, 15) is 0 Å². The third kappa shape index (κ3) is 12.9. The lowest BCUT2D eigenvalue weighted by atomic mass is 10.2. The lowest BCUT2D eigenvalue weighted by Crippen LogP contribution is -2.32. The summed E-state index contributed by atoms with van der Waals surface area (Å²) in [7, 11) is -4.67. The van der Waals surface area contributed by atoms with Crippen molar-refractivity contribution in [2.24, 2.45) is 16.6 Å². The third-order valence-corrected chi connectivity index (χ3v) is 1.59. The summed E-state index contributed by atoms with van der Waals surface area (Å²) in [6, 6.07) is 0. The minimum atomic E-state index is -4.67. The normalized spacial score (nSPS) is 16.3. The number of piperidine rings is 1. The van der Waals surface area contributed by atoms with E-state index in [0.717, 1.165) is 13.1 Å². The molecule has 1 heterocycles. The monoisotopic (exact) mass is 240 g/mol. The second kappa shape index (κ2) is 6.43. The zero-order valence-electron chi connectivity index (χ0n) is 8.20. The van der Waals surface area contributed by atoms with Gasteiger partial charge in [0.1, 0.15) is 0 Å². The Hall–Kier alpha value is -1.06. The minimum absolute atomic E-state index is 0.168. The van der Waals surface area contributed by atoms with Gasteiger partial charge in [-0.3, -0.25) is 14.1 Å². The molecule has 0 aromatic carbocycles. The molecule has 0 aliphatic carbocycles. The van der Waals surface area contributed by atoms with Crippen molar-refractivity contribution in [3.8, 4) is 0 Å². The standard InChI is InChI=1S/C6H14N4.H2O4S/c7-6(8)9-10-4-2-1-3-5-10;1-5(2,3)4/h1-5H2,(H4,7,8,9);(H2,1,2,3,4). The van der Waals surface area contributed by atoms with Crippen LogP contribution in [-0.2, 0) is 10.4 Å². The summed E-state index contributed by atoms with van der Waals surface area (Å²) < 4.78 is 31.6. The topological polar surface area (TPSA) is 142 Å². The summed E-state index contributed by atoms with van der Waals surface area (Å²) in [5.74, 6) is 0.168.